The van der Waals surface area contributed by atoms with E-state index in [0.29, 0.717) is 41.4 Å². The highest BCUT2D eigenvalue weighted by molar-refractivity contribution is 5.97. The van der Waals surface area contributed by atoms with Crippen molar-refractivity contribution in [2.24, 2.45) is 16.7 Å². The average Bonchev–Trinajstić information content (AvgIpc) is 1.30. The lowest BCUT2D eigenvalue weighted by molar-refractivity contribution is -0.287. The molecule has 0 aromatic heterocycles. The quantitative estimate of drug-likeness (QED) is 0.0240. The zero-order chi connectivity index (χ0) is 66.6. The van der Waals surface area contributed by atoms with Crippen LogP contribution in [0.25, 0.3) is 0 Å². The molecule has 7 rings (SSSR count). The van der Waals surface area contributed by atoms with E-state index < -0.39 is 77.5 Å². The van der Waals surface area contributed by atoms with E-state index in [9.17, 15) is 14.7 Å². The van der Waals surface area contributed by atoms with Crippen molar-refractivity contribution in [2.75, 3.05) is 26.4 Å². The number of cyclic esters (lactones) is 1. The maximum absolute atomic E-state index is 14.1. The first-order valence-electron chi connectivity index (χ1n) is 34.6. The van der Waals surface area contributed by atoms with Gasteiger partial charge in [-0.3, -0.25) is 4.79 Å². The van der Waals surface area contributed by atoms with Gasteiger partial charge in [0.2, 0.25) is 0 Å². The molecule has 1 aliphatic carbocycles. The summed E-state index contributed by atoms with van der Waals surface area (Å²) in [5.74, 6) is 6.40. The molecule has 2 aliphatic rings. The van der Waals surface area contributed by atoms with Gasteiger partial charge in [-0.05, 0) is 91.5 Å². The minimum absolute atomic E-state index is 0.115. The van der Waals surface area contributed by atoms with Crippen LogP contribution in [0.4, 0.5) is 0 Å². The number of unbranched alkanes of at least 4 members (excludes halogenated alkanes) is 9. The second kappa shape index (κ2) is 35.2. The van der Waals surface area contributed by atoms with E-state index >= 15 is 0 Å². The molecule has 0 saturated heterocycles. The smallest absolute Gasteiger partial charge is 0.340 e. The van der Waals surface area contributed by atoms with Gasteiger partial charge in [-0.2, -0.15) is 0 Å². The number of hydrogen-bond acceptors (Lipinski definition) is 11. The van der Waals surface area contributed by atoms with Crippen LogP contribution in [0.1, 0.15) is 258 Å². The Morgan fingerprint density at radius 1 is 0.500 bits per heavy atom. The van der Waals surface area contributed by atoms with Crippen LogP contribution in [-0.2, 0) is 74.7 Å². The van der Waals surface area contributed by atoms with Crippen LogP contribution < -0.4 is 0 Å². The molecule has 0 spiro atoms. The van der Waals surface area contributed by atoms with Crippen molar-refractivity contribution in [1.82, 2.24) is 0 Å². The standard InChI is InChI=1S/C81H112O11/c1-16-17-18-19-20-21-22-23-24-25-47-85-70-72(87-49-59-31-39-63(40-32-59)55(2)3)74(89-51-61-35-43-65(44-36-61)57(6)7)71(75(90-52-62-37-45-66(46-38-62)58(8)9)73(70)88-50-60-33-41-64(42-34-60)56(4)5)86-48-27-29-67-28-26-30-68-69(67)77(83)92-81(68,53-82)54-91-78(84)76(79(10,11)12)80(13,14)15/h26,28,30-46,55-58,70-76,82H,16-25,47-54H2,1-15H3/t70?,71?,72-,73+,74-,75+,81-/m1/s1. The normalized spacial score (nSPS) is 20.1. The topological polar surface area (TPSA) is 128 Å². The first-order chi connectivity index (χ1) is 43.9. The van der Waals surface area contributed by atoms with Gasteiger partial charge >= 0.3 is 11.9 Å². The number of carbonyl (C=O) groups is 2. The van der Waals surface area contributed by atoms with Crippen LogP contribution in [0.3, 0.4) is 0 Å². The van der Waals surface area contributed by atoms with Crippen molar-refractivity contribution < 1.29 is 52.6 Å². The van der Waals surface area contributed by atoms with Crippen LogP contribution >= 0.6 is 0 Å². The van der Waals surface area contributed by atoms with Gasteiger partial charge in [-0.25, -0.2) is 4.79 Å². The van der Waals surface area contributed by atoms with Crippen LogP contribution in [0.15, 0.2) is 115 Å². The summed E-state index contributed by atoms with van der Waals surface area (Å²) >= 11 is 0. The average molecular weight is 1260 g/mol. The van der Waals surface area contributed by atoms with E-state index in [4.69, 9.17) is 37.9 Å². The zero-order valence-electron chi connectivity index (χ0n) is 58.6. The molecule has 1 N–H and O–H groups in total. The van der Waals surface area contributed by atoms with Crippen LogP contribution in [0, 0.1) is 28.6 Å². The van der Waals surface area contributed by atoms with E-state index in [-0.39, 0.29) is 45.2 Å². The lowest BCUT2D eigenvalue weighted by atomic mass is 9.67. The molecule has 1 heterocycles. The molecule has 0 amide bonds. The van der Waals surface area contributed by atoms with Crippen LogP contribution in [-0.4, -0.2) is 80.1 Å². The monoisotopic (exact) mass is 1260 g/mol. The molecular formula is C81H112O11. The molecule has 7 atom stereocenters. The Balaban J connectivity index is 1.30. The Labute approximate surface area is 553 Å². The zero-order valence-corrected chi connectivity index (χ0v) is 58.6. The van der Waals surface area contributed by atoms with Crippen molar-refractivity contribution in [3.63, 3.8) is 0 Å². The van der Waals surface area contributed by atoms with Gasteiger partial charge in [0.15, 0.2) is 5.60 Å². The highest BCUT2D eigenvalue weighted by atomic mass is 16.6. The molecule has 5 aromatic carbocycles. The van der Waals surface area contributed by atoms with Crippen molar-refractivity contribution >= 4 is 11.9 Å². The van der Waals surface area contributed by atoms with Crippen molar-refractivity contribution in [1.29, 1.82) is 0 Å². The highest BCUT2D eigenvalue weighted by Crippen LogP contribution is 2.43. The molecule has 0 radical (unpaired) electrons. The Bertz CT molecular complexity index is 2950. The number of aliphatic hydroxyl groups is 1. The minimum atomic E-state index is -1.62. The number of rotatable bonds is 34. The molecule has 0 bridgehead atoms. The van der Waals surface area contributed by atoms with Crippen molar-refractivity contribution in [2.45, 2.75) is 260 Å². The maximum atomic E-state index is 14.1. The number of esters is 2. The second-order valence-electron chi connectivity index (χ2n) is 29.3. The number of fused-ring (bicyclic) bond motifs is 1. The van der Waals surface area contributed by atoms with Gasteiger partial charge in [-0.1, -0.05) is 283 Å². The van der Waals surface area contributed by atoms with Gasteiger partial charge in [-0.15, -0.1) is 0 Å². The van der Waals surface area contributed by atoms with Gasteiger partial charge in [0.25, 0.3) is 0 Å². The number of hydrogen-bond donors (Lipinski definition) is 1. The Morgan fingerprint density at radius 2 is 0.859 bits per heavy atom. The fraction of sp³-hybridized carbons (Fsp3) is 0.580. The number of benzene rings is 5. The van der Waals surface area contributed by atoms with Crippen LogP contribution in [0.5, 0.6) is 0 Å². The lowest BCUT2D eigenvalue weighted by Gasteiger charge is -2.49. The molecule has 92 heavy (non-hydrogen) atoms. The largest absolute Gasteiger partial charge is 0.461 e. The molecule has 1 aliphatic heterocycles. The van der Waals surface area contributed by atoms with E-state index in [1.165, 1.54) is 67.2 Å². The Kier molecular flexibility index (Phi) is 28.2. The highest BCUT2D eigenvalue weighted by Gasteiger charge is 2.55. The Hall–Kier alpha value is -5.68. The number of carbonyl (C=O) groups excluding carboxylic acids is 2. The van der Waals surface area contributed by atoms with Gasteiger partial charge < -0.3 is 43.0 Å². The van der Waals surface area contributed by atoms with E-state index in [0.717, 1.165) is 41.5 Å². The van der Waals surface area contributed by atoms with Gasteiger partial charge in [0, 0.05) is 17.7 Å². The summed E-state index contributed by atoms with van der Waals surface area (Å²) in [6.07, 6.45) is 7.40. The molecular weight excluding hydrogens is 1150 g/mol. The van der Waals surface area contributed by atoms with Crippen LogP contribution in [0.2, 0.25) is 0 Å². The first-order valence-corrected chi connectivity index (χ1v) is 34.6. The fourth-order valence-electron chi connectivity index (χ4n) is 13.2. The first kappa shape index (κ1) is 73.7. The second-order valence-corrected chi connectivity index (χ2v) is 29.3. The summed E-state index contributed by atoms with van der Waals surface area (Å²) in [5, 5.41) is 11.0. The molecule has 1 saturated carbocycles. The third kappa shape index (κ3) is 20.7. The fourth-order valence-corrected chi connectivity index (χ4v) is 13.2. The van der Waals surface area contributed by atoms with Crippen molar-refractivity contribution in [3.05, 3.63) is 176 Å². The van der Waals surface area contributed by atoms with Gasteiger partial charge in [0.05, 0.1) is 44.5 Å². The van der Waals surface area contributed by atoms with E-state index in [1.54, 1.807) is 18.2 Å². The maximum Gasteiger partial charge on any atom is 0.340 e. The number of ether oxygens (including phenoxy) is 8. The summed E-state index contributed by atoms with van der Waals surface area (Å²) in [7, 11) is 0. The third-order valence-electron chi connectivity index (χ3n) is 18.4. The Morgan fingerprint density at radius 3 is 1.22 bits per heavy atom. The molecule has 502 valence electrons. The lowest BCUT2D eigenvalue weighted by Crippen LogP contribution is -2.67. The summed E-state index contributed by atoms with van der Waals surface area (Å²) in [6.45, 7) is 32.3. The summed E-state index contributed by atoms with van der Waals surface area (Å²) in [4.78, 5) is 28.0. The predicted octanol–water partition coefficient (Wildman–Crippen LogP) is 18.2. The van der Waals surface area contributed by atoms with Gasteiger partial charge in [0.1, 0.15) is 49.8 Å². The summed E-state index contributed by atoms with van der Waals surface area (Å²) < 4.78 is 55.8. The molecule has 5 aromatic rings. The molecule has 11 heteroatoms. The summed E-state index contributed by atoms with van der Waals surface area (Å²) in [5.41, 5.74) is 7.48. The molecule has 1 fully saturated rings. The molecule has 2 unspecified atom stereocenters. The van der Waals surface area contributed by atoms with Crippen molar-refractivity contribution in [3.8, 4) is 11.8 Å². The van der Waals surface area contributed by atoms with E-state index in [1.807, 2.05) is 41.5 Å². The summed E-state index contributed by atoms with van der Waals surface area (Å²) in [6, 6.07) is 39.7. The van der Waals surface area contributed by atoms with E-state index in [2.05, 4.69) is 171 Å². The number of aliphatic hydroxyl groups excluding tert-OH is 1. The predicted molar refractivity (Wildman–Crippen MR) is 369 cm³/mol. The third-order valence-corrected chi connectivity index (χ3v) is 18.4. The minimum Gasteiger partial charge on any atom is -0.461 e. The molecule has 11 nitrogen and oxygen atoms in total. The SMILES string of the molecule is CCCCCCCCCCCCOC1[C@@H](OCc2ccc(C(C)C)cc2)[C@H](OCc2ccc(C(C)C)cc2)C(OCC#Cc2cccc3c2C(=O)O[C@]3(CO)COC(=O)C(C(C)(C)C)C(C)(C)C)[C@H](OCc2ccc(C(C)C)cc2)[C@H]1OCc1ccc(C(C)C)cc1.